The highest BCUT2D eigenvalue weighted by Crippen LogP contribution is 2.10. The summed E-state index contributed by atoms with van der Waals surface area (Å²) in [5.74, 6) is 6.71. The maximum absolute atomic E-state index is 11.4. The molecule has 0 saturated heterocycles. The van der Waals surface area contributed by atoms with Gasteiger partial charge < -0.3 is 0 Å². The van der Waals surface area contributed by atoms with Gasteiger partial charge in [-0.2, -0.15) is 0 Å². The average Bonchev–Trinajstić information content (AvgIpc) is 2.57. The number of rotatable bonds is 17. The summed E-state index contributed by atoms with van der Waals surface area (Å²) < 4.78 is 0. The largest absolute Gasteiger partial charge is 0.300 e. The second-order valence-electron chi connectivity index (χ2n) is 7.26. The van der Waals surface area contributed by atoms with Gasteiger partial charge in [-0.3, -0.25) is 9.59 Å². The van der Waals surface area contributed by atoms with Gasteiger partial charge in [-0.1, -0.05) is 71.1 Å². The van der Waals surface area contributed by atoms with Gasteiger partial charge in [0.15, 0.2) is 0 Å². The summed E-state index contributed by atoms with van der Waals surface area (Å²) in [6, 6.07) is 0. The first-order chi connectivity index (χ1) is 12.2. The van der Waals surface area contributed by atoms with Gasteiger partial charge in [-0.05, 0) is 26.2 Å². The van der Waals surface area contributed by atoms with Crippen molar-refractivity contribution in [1.29, 1.82) is 0 Å². The first-order valence-electron chi connectivity index (χ1n) is 10.6. The van der Waals surface area contributed by atoms with Crippen molar-refractivity contribution in [2.75, 3.05) is 0 Å². The summed E-state index contributed by atoms with van der Waals surface area (Å²) in [5, 5.41) is 0. The van der Waals surface area contributed by atoms with E-state index in [1.165, 1.54) is 77.6 Å². The van der Waals surface area contributed by atoms with Crippen molar-refractivity contribution in [1.82, 2.24) is 0 Å². The Hall–Kier alpha value is -1.10. The van der Waals surface area contributed by atoms with Crippen LogP contribution in [0.5, 0.6) is 0 Å². The molecule has 0 radical (unpaired) electrons. The van der Waals surface area contributed by atoms with Crippen LogP contribution in [0.3, 0.4) is 0 Å². The second-order valence-corrected chi connectivity index (χ2v) is 7.26. The van der Waals surface area contributed by atoms with Gasteiger partial charge in [0.1, 0.15) is 11.6 Å². The zero-order chi connectivity index (χ0) is 18.6. The lowest BCUT2D eigenvalue weighted by atomic mass is 10.0. The van der Waals surface area contributed by atoms with E-state index < -0.39 is 0 Å². The average molecular weight is 349 g/mol. The van der Waals surface area contributed by atoms with E-state index in [0.717, 1.165) is 25.7 Å². The fourth-order valence-corrected chi connectivity index (χ4v) is 2.96. The fraction of sp³-hybridized carbons (Fsp3) is 0.826. The zero-order valence-electron chi connectivity index (χ0n) is 16.8. The van der Waals surface area contributed by atoms with Gasteiger partial charge in [0.25, 0.3) is 0 Å². The lowest BCUT2D eigenvalue weighted by Gasteiger charge is -2.01. The molecule has 0 aliphatic carbocycles. The number of carbonyl (C=O) groups excluding carboxylic acids is 2. The summed E-state index contributed by atoms with van der Waals surface area (Å²) in [4.78, 5) is 22.2. The van der Waals surface area contributed by atoms with Gasteiger partial charge in [-0.15, -0.1) is 11.8 Å². The van der Waals surface area contributed by atoms with Crippen molar-refractivity contribution in [2.24, 2.45) is 0 Å². The predicted molar refractivity (Wildman–Crippen MR) is 108 cm³/mol. The highest BCUT2D eigenvalue weighted by molar-refractivity contribution is 5.97. The van der Waals surface area contributed by atoms with E-state index in [1.807, 2.05) is 0 Å². The van der Waals surface area contributed by atoms with E-state index in [1.54, 1.807) is 0 Å². The second kappa shape index (κ2) is 19.2. The van der Waals surface area contributed by atoms with E-state index in [-0.39, 0.29) is 18.0 Å². The van der Waals surface area contributed by atoms with Crippen molar-refractivity contribution in [3.63, 3.8) is 0 Å². The summed E-state index contributed by atoms with van der Waals surface area (Å²) >= 11 is 0. The van der Waals surface area contributed by atoms with Crippen LogP contribution in [0.1, 0.15) is 123 Å². The maximum Gasteiger partial charge on any atom is 0.140 e. The molecule has 144 valence electrons. The Labute approximate surface area is 156 Å². The van der Waals surface area contributed by atoms with Crippen molar-refractivity contribution in [3.8, 4) is 11.8 Å². The van der Waals surface area contributed by atoms with Crippen LogP contribution in [0.4, 0.5) is 0 Å². The molecular formula is C23H40O2. The molecule has 0 amide bonds. The fourth-order valence-electron chi connectivity index (χ4n) is 2.96. The third-order valence-electron chi connectivity index (χ3n) is 4.48. The first kappa shape index (κ1) is 23.9. The van der Waals surface area contributed by atoms with Crippen molar-refractivity contribution < 1.29 is 9.59 Å². The standard InChI is InChI=1S/C23H40O2/c1-3-4-5-6-7-8-9-10-11-12-13-14-15-16-17-18-19-20-23(25)21-22(2)24/h3-9,12-21H2,1-2H3. The molecular weight excluding hydrogens is 308 g/mol. The number of Topliss-reactive ketones (excluding diaryl/α,β-unsaturated/α-hetero) is 2. The van der Waals surface area contributed by atoms with E-state index in [2.05, 4.69) is 18.8 Å². The minimum Gasteiger partial charge on any atom is -0.300 e. The minimum atomic E-state index is -0.0138. The summed E-state index contributed by atoms with van der Waals surface area (Å²) in [7, 11) is 0. The Kier molecular flexibility index (Phi) is 18.4. The molecule has 0 aliphatic rings. The number of hydrogen-bond donors (Lipinski definition) is 0. The van der Waals surface area contributed by atoms with Crippen LogP contribution in [0.15, 0.2) is 0 Å². The Morgan fingerprint density at radius 2 is 1.08 bits per heavy atom. The lowest BCUT2D eigenvalue weighted by Crippen LogP contribution is -2.03. The summed E-state index contributed by atoms with van der Waals surface area (Å²) in [5.41, 5.74) is 0. The van der Waals surface area contributed by atoms with E-state index >= 15 is 0 Å². The molecule has 0 unspecified atom stereocenters. The molecule has 0 aliphatic heterocycles. The van der Waals surface area contributed by atoms with Gasteiger partial charge in [-0.25, -0.2) is 0 Å². The van der Waals surface area contributed by atoms with E-state index in [9.17, 15) is 9.59 Å². The molecule has 0 fully saturated rings. The Morgan fingerprint density at radius 1 is 0.640 bits per heavy atom. The van der Waals surface area contributed by atoms with Crippen LogP contribution in [0.2, 0.25) is 0 Å². The molecule has 0 aromatic rings. The van der Waals surface area contributed by atoms with Crippen molar-refractivity contribution in [3.05, 3.63) is 0 Å². The van der Waals surface area contributed by atoms with Crippen LogP contribution in [-0.2, 0) is 9.59 Å². The van der Waals surface area contributed by atoms with Gasteiger partial charge in [0.2, 0.25) is 0 Å². The SMILES string of the molecule is CCCCCCCCC#CCCCCCCCCCC(=O)CC(C)=O. The monoisotopic (exact) mass is 348 g/mol. The molecule has 2 heteroatoms. The lowest BCUT2D eigenvalue weighted by molar-refractivity contribution is -0.125. The molecule has 0 aromatic heterocycles. The topological polar surface area (TPSA) is 34.1 Å². The number of hydrogen-bond acceptors (Lipinski definition) is 2. The molecule has 0 saturated carbocycles. The number of unbranched alkanes of at least 4 members (excludes halogenated alkanes) is 13. The Balaban J connectivity index is 3.20. The molecule has 0 N–H and O–H groups in total. The smallest absolute Gasteiger partial charge is 0.140 e. The molecule has 0 atom stereocenters. The first-order valence-corrected chi connectivity index (χ1v) is 10.6. The predicted octanol–water partition coefficient (Wildman–Crippen LogP) is 6.80. The highest BCUT2D eigenvalue weighted by atomic mass is 16.1. The molecule has 2 nitrogen and oxygen atoms in total. The molecule has 0 bridgehead atoms. The van der Waals surface area contributed by atoms with Gasteiger partial charge in [0.05, 0.1) is 6.42 Å². The van der Waals surface area contributed by atoms with E-state index in [0.29, 0.717) is 6.42 Å². The highest BCUT2D eigenvalue weighted by Gasteiger charge is 2.04. The quantitative estimate of drug-likeness (QED) is 0.164. The number of ketones is 2. The van der Waals surface area contributed by atoms with Crippen LogP contribution in [-0.4, -0.2) is 11.6 Å². The van der Waals surface area contributed by atoms with Gasteiger partial charge >= 0.3 is 0 Å². The summed E-state index contributed by atoms with van der Waals surface area (Å²) in [6.45, 7) is 3.74. The van der Waals surface area contributed by atoms with Crippen LogP contribution in [0.25, 0.3) is 0 Å². The van der Waals surface area contributed by atoms with Crippen molar-refractivity contribution in [2.45, 2.75) is 123 Å². The molecule has 0 aromatic carbocycles. The van der Waals surface area contributed by atoms with Crippen LogP contribution < -0.4 is 0 Å². The van der Waals surface area contributed by atoms with Crippen molar-refractivity contribution >= 4 is 11.6 Å². The normalized spacial score (nSPS) is 10.3. The van der Waals surface area contributed by atoms with Crippen LogP contribution in [0, 0.1) is 11.8 Å². The van der Waals surface area contributed by atoms with E-state index in [4.69, 9.17) is 0 Å². The maximum atomic E-state index is 11.4. The third-order valence-corrected chi connectivity index (χ3v) is 4.48. The number of carbonyl (C=O) groups is 2. The van der Waals surface area contributed by atoms with Gasteiger partial charge in [0, 0.05) is 19.3 Å². The minimum absolute atomic E-state index is 0.0138. The zero-order valence-corrected chi connectivity index (χ0v) is 16.8. The molecule has 0 spiro atoms. The molecule has 0 heterocycles. The molecule has 0 rings (SSSR count). The summed E-state index contributed by atoms with van der Waals surface area (Å²) in [6.07, 6.45) is 19.2. The Bertz CT molecular complexity index is 387. The molecule has 25 heavy (non-hydrogen) atoms. The van der Waals surface area contributed by atoms with Crippen LogP contribution >= 0.6 is 0 Å². The Morgan fingerprint density at radius 3 is 1.56 bits per heavy atom. The third kappa shape index (κ3) is 20.9.